The predicted octanol–water partition coefficient (Wildman–Crippen LogP) is 5.20. The number of aryl methyl sites for hydroxylation is 2. The summed E-state index contributed by atoms with van der Waals surface area (Å²) in [6, 6.07) is 13.1. The Balaban J connectivity index is 0.00000320. The summed E-state index contributed by atoms with van der Waals surface area (Å²) in [7, 11) is 0. The molecule has 158 valence electrons. The van der Waals surface area contributed by atoms with Gasteiger partial charge < -0.3 is 4.90 Å². The standard InChI is InChI=1S/C23H26N4OS.ClH/c1-5-26(6-2)11-12-27(22(28)19-9-7-18(15-24)8-10-19)23-25-20-13-16(3)17(4)14-21(20)29-23;/h7-10,13-14H,5-6,11-12H2,1-4H3;1H. The van der Waals surface area contributed by atoms with E-state index < -0.39 is 0 Å². The zero-order chi connectivity index (χ0) is 21.0. The second kappa shape index (κ2) is 10.5. The van der Waals surface area contributed by atoms with Crippen LogP contribution in [0.3, 0.4) is 0 Å². The highest BCUT2D eigenvalue weighted by molar-refractivity contribution is 7.22. The monoisotopic (exact) mass is 442 g/mol. The summed E-state index contributed by atoms with van der Waals surface area (Å²) in [4.78, 5) is 22.2. The van der Waals surface area contributed by atoms with E-state index in [1.54, 1.807) is 40.5 Å². The number of carbonyl (C=O) groups is 1. The van der Waals surface area contributed by atoms with Crippen LogP contribution in [-0.2, 0) is 0 Å². The highest BCUT2D eigenvalue weighted by Crippen LogP contribution is 2.31. The first-order chi connectivity index (χ1) is 14.0. The number of halogens is 1. The molecule has 30 heavy (non-hydrogen) atoms. The Morgan fingerprint density at radius 3 is 2.30 bits per heavy atom. The van der Waals surface area contributed by atoms with Crippen LogP contribution in [0, 0.1) is 25.2 Å². The third-order valence-electron chi connectivity index (χ3n) is 5.26. The number of hydrogen-bond donors (Lipinski definition) is 0. The normalized spacial score (nSPS) is 10.7. The van der Waals surface area contributed by atoms with Crippen LogP contribution in [-0.4, -0.2) is 42.0 Å². The molecule has 3 aromatic rings. The van der Waals surface area contributed by atoms with E-state index in [9.17, 15) is 4.79 Å². The smallest absolute Gasteiger partial charge is 0.260 e. The van der Waals surface area contributed by atoms with E-state index in [1.165, 1.54) is 11.1 Å². The van der Waals surface area contributed by atoms with Crippen molar-refractivity contribution in [3.05, 3.63) is 58.7 Å². The third kappa shape index (κ3) is 5.17. The summed E-state index contributed by atoms with van der Waals surface area (Å²) in [5.41, 5.74) is 4.45. The number of nitriles is 1. The molecular formula is C23H27ClN4OS. The van der Waals surface area contributed by atoms with Crippen LogP contribution in [0.5, 0.6) is 0 Å². The zero-order valence-corrected chi connectivity index (χ0v) is 19.4. The number of nitrogens with zero attached hydrogens (tertiary/aromatic N) is 4. The number of likely N-dealkylation sites (N-methyl/N-ethyl adjacent to an activating group) is 1. The van der Waals surface area contributed by atoms with Gasteiger partial charge in [-0.1, -0.05) is 25.2 Å². The molecule has 0 unspecified atom stereocenters. The van der Waals surface area contributed by atoms with Crippen LogP contribution in [0.1, 0.15) is 40.9 Å². The van der Waals surface area contributed by atoms with Crippen molar-refractivity contribution in [3.63, 3.8) is 0 Å². The lowest BCUT2D eigenvalue weighted by Crippen LogP contribution is -2.38. The Hall–Kier alpha value is -2.46. The summed E-state index contributed by atoms with van der Waals surface area (Å²) < 4.78 is 1.09. The minimum atomic E-state index is -0.0888. The number of hydrogen-bond acceptors (Lipinski definition) is 5. The van der Waals surface area contributed by atoms with Gasteiger partial charge in [-0.2, -0.15) is 5.26 Å². The molecule has 0 aliphatic carbocycles. The largest absolute Gasteiger partial charge is 0.302 e. The Labute approximate surface area is 188 Å². The third-order valence-corrected chi connectivity index (χ3v) is 6.31. The fraction of sp³-hybridized carbons (Fsp3) is 0.348. The molecular weight excluding hydrogens is 416 g/mol. The van der Waals surface area contributed by atoms with Gasteiger partial charge in [0.15, 0.2) is 5.13 Å². The molecule has 0 spiro atoms. The first-order valence-electron chi connectivity index (χ1n) is 9.89. The molecule has 0 aliphatic heterocycles. The molecule has 0 radical (unpaired) electrons. The van der Waals surface area contributed by atoms with Crippen LogP contribution in [0.2, 0.25) is 0 Å². The van der Waals surface area contributed by atoms with Crippen molar-refractivity contribution >= 4 is 45.0 Å². The molecule has 0 bridgehead atoms. The van der Waals surface area contributed by atoms with Gasteiger partial charge in [-0.25, -0.2) is 4.98 Å². The quantitative estimate of drug-likeness (QED) is 0.504. The van der Waals surface area contributed by atoms with E-state index >= 15 is 0 Å². The number of amides is 1. The van der Waals surface area contributed by atoms with E-state index in [-0.39, 0.29) is 18.3 Å². The van der Waals surface area contributed by atoms with Crippen molar-refractivity contribution < 1.29 is 4.79 Å². The molecule has 5 nitrogen and oxygen atoms in total. The molecule has 1 amide bonds. The van der Waals surface area contributed by atoms with Gasteiger partial charge in [-0.15, -0.1) is 12.4 Å². The maximum absolute atomic E-state index is 13.3. The van der Waals surface area contributed by atoms with Crippen molar-refractivity contribution in [2.24, 2.45) is 0 Å². The SMILES string of the molecule is CCN(CC)CCN(C(=O)c1ccc(C#N)cc1)c1nc2cc(C)c(C)cc2s1.Cl. The van der Waals surface area contributed by atoms with Crippen LogP contribution < -0.4 is 4.90 Å². The molecule has 0 saturated carbocycles. The Bertz CT molecular complexity index is 1010. The minimum Gasteiger partial charge on any atom is -0.302 e. The molecule has 7 heteroatoms. The van der Waals surface area contributed by atoms with Crippen molar-refractivity contribution in [1.82, 2.24) is 9.88 Å². The maximum atomic E-state index is 13.3. The van der Waals surface area contributed by atoms with Crippen LogP contribution in [0.4, 0.5) is 5.13 Å². The molecule has 0 N–H and O–H groups in total. The molecule has 2 aromatic carbocycles. The number of anilines is 1. The highest BCUT2D eigenvalue weighted by atomic mass is 35.5. The van der Waals surface area contributed by atoms with Crippen LogP contribution in [0.15, 0.2) is 36.4 Å². The average molecular weight is 443 g/mol. The first kappa shape index (κ1) is 23.8. The van der Waals surface area contributed by atoms with Crippen molar-refractivity contribution in [3.8, 4) is 6.07 Å². The number of benzene rings is 2. The molecule has 1 aromatic heterocycles. The molecule has 0 saturated heterocycles. The van der Waals surface area contributed by atoms with Gasteiger partial charge in [0.1, 0.15) is 0 Å². The van der Waals surface area contributed by atoms with E-state index in [4.69, 9.17) is 10.2 Å². The average Bonchev–Trinajstić information content (AvgIpc) is 3.13. The van der Waals surface area contributed by atoms with Gasteiger partial charge in [0.25, 0.3) is 5.91 Å². The molecule has 0 atom stereocenters. The van der Waals surface area contributed by atoms with Gasteiger partial charge in [0.2, 0.25) is 0 Å². The fourth-order valence-electron chi connectivity index (χ4n) is 3.19. The highest BCUT2D eigenvalue weighted by Gasteiger charge is 2.22. The molecule has 0 fully saturated rings. The lowest BCUT2D eigenvalue weighted by atomic mass is 10.1. The zero-order valence-electron chi connectivity index (χ0n) is 17.8. The summed E-state index contributed by atoms with van der Waals surface area (Å²) in [5.74, 6) is -0.0888. The predicted molar refractivity (Wildman–Crippen MR) is 127 cm³/mol. The molecule has 0 aliphatic rings. The van der Waals surface area contributed by atoms with E-state index in [2.05, 4.69) is 50.8 Å². The Kier molecular flexibility index (Phi) is 8.36. The summed E-state index contributed by atoms with van der Waals surface area (Å²) in [5, 5.41) is 9.73. The van der Waals surface area contributed by atoms with E-state index in [0.717, 1.165) is 29.9 Å². The van der Waals surface area contributed by atoms with Crippen molar-refractivity contribution in [1.29, 1.82) is 5.26 Å². The van der Waals surface area contributed by atoms with Gasteiger partial charge in [0.05, 0.1) is 21.8 Å². The summed E-state index contributed by atoms with van der Waals surface area (Å²) in [6.07, 6.45) is 0. The van der Waals surface area contributed by atoms with Crippen LogP contribution >= 0.6 is 23.7 Å². The van der Waals surface area contributed by atoms with Gasteiger partial charge in [0, 0.05) is 18.7 Å². The van der Waals surface area contributed by atoms with Gasteiger partial charge in [-0.3, -0.25) is 9.69 Å². The second-order valence-corrected chi connectivity index (χ2v) is 8.08. The molecule has 1 heterocycles. The number of rotatable bonds is 7. The number of fused-ring (bicyclic) bond motifs is 1. The van der Waals surface area contributed by atoms with E-state index in [1.807, 2.05) is 0 Å². The van der Waals surface area contributed by atoms with Gasteiger partial charge in [-0.05, 0) is 74.5 Å². The lowest BCUT2D eigenvalue weighted by molar-refractivity contribution is 0.0984. The second-order valence-electron chi connectivity index (χ2n) is 7.07. The fourth-order valence-corrected chi connectivity index (χ4v) is 4.26. The maximum Gasteiger partial charge on any atom is 0.260 e. The van der Waals surface area contributed by atoms with Crippen LogP contribution in [0.25, 0.3) is 10.2 Å². The number of carbonyl (C=O) groups excluding carboxylic acids is 1. The first-order valence-corrected chi connectivity index (χ1v) is 10.7. The number of thiazole rings is 1. The lowest BCUT2D eigenvalue weighted by Gasteiger charge is -2.24. The summed E-state index contributed by atoms with van der Waals surface area (Å²) in [6.45, 7) is 11.6. The van der Waals surface area contributed by atoms with Crippen molar-refractivity contribution in [2.45, 2.75) is 27.7 Å². The Morgan fingerprint density at radius 1 is 1.07 bits per heavy atom. The topological polar surface area (TPSA) is 60.2 Å². The molecule has 3 rings (SSSR count). The summed E-state index contributed by atoms with van der Waals surface area (Å²) >= 11 is 1.55. The Morgan fingerprint density at radius 2 is 1.70 bits per heavy atom. The van der Waals surface area contributed by atoms with Crippen molar-refractivity contribution in [2.75, 3.05) is 31.1 Å². The number of aromatic nitrogens is 1. The minimum absolute atomic E-state index is 0. The van der Waals surface area contributed by atoms with Gasteiger partial charge >= 0.3 is 0 Å². The van der Waals surface area contributed by atoms with E-state index in [0.29, 0.717) is 22.8 Å².